The summed E-state index contributed by atoms with van der Waals surface area (Å²) in [5.41, 5.74) is 6.67. The van der Waals surface area contributed by atoms with Crippen LogP contribution in [0.1, 0.15) is 31.9 Å². The Morgan fingerprint density at radius 1 is 1.00 bits per heavy atom. The molecule has 21 heavy (non-hydrogen) atoms. The van der Waals surface area contributed by atoms with Crippen molar-refractivity contribution in [1.82, 2.24) is 5.43 Å². The van der Waals surface area contributed by atoms with E-state index in [-0.39, 0.29) is 6.04 Å². The monoisotopic (exact) mass is 300 g/mol. The molecule has 0 aliphatic heterocycles. The fourth-order valence-corrected chi connectivity index (χ4v) is 3.20. The van der Waals surface area contributed by atoms with Crippen molar-refractivity contribution in [3.05, 3.63) is 60.2 Å². The van der Waals surface area contributed by atoms with E-state index in [1.165, 1.54) is 23.1 Å². The van der Waals surface area contributed by atoms with Crippen molar-refractivity contribution >= 4 is 11.8 Å². The Labute approximate surface area is 132 Å². The van der Waals surface area contributed by atoms with Gasteiger partial charge in [0.2, 0.25) is 0 Å². The molecule has 112 valence electrons. The third-order valence-corrected chi connectivity index (χ3v) is 5.17. The van der Waals surface area contributed by atoms with Crippen LogP contribution in [-0.4, -0.2) is 11.0 Å². The zero-order valence-electron chi connectivity index (χ0n) is 12.8. The standard InChI is InChI=1S/C18H24N2S/c1-3-14(2)21-13-18(20-19)17-11-9-16(10-12-17)15-7-5-4-6-8-15/h4-12,14,18,20H,3,13,19H2,1-2H3. The van der Waals surface area contributed by atoms with Gasteiger partial charge in [-0.3, -0.25) is 11.3 Å². The van der Waals surface area contributed by atoms with E-state index in [9.17, 15) is 0 Å². The van der Waals surface area contributed by atoms with Gasteiger partial charge in [0, 0.05) is 11.0 Å². The van der Waals surface area contributed by atoms with Gasteiger partial charge in [-0.05, 0) is 23.1 Å². The lowest BCUT2D eigenvalue weighted by Crippen LogP contribution is -2.30. The number of hydrogen-bond donors (Lipinski definition) is 2. The Hall–Kier alpha value is -1.29. The summed E-state index contributed by atoms with van der Waals surface area (Å²) in [4.78, 5) is 0. The molecule has 0 fully saturated rings. The molecule has 3 N–H and O–H groups in total. The lowest BCUT2D eigenvalue weighted by molar-refractivity contribution is 0.609. The van der Waals surface area contributed by atoms with Gasteiger partial charge in [0.05, 0.1) is 6.04 Å². The molecule has 0 heterocycles. The predicted octanol–water partition coefficient (Wildman–Crippen LogP) is 4.39. The van der Waals surface area contributed by atoms with Crippen molar-refractivity contribution in [2.45, 2.75) is 31.6 Å². The highest BCUT2D eigenvalue weighted by Crippen LogP contribution is 2.25. The van der Waals surface area contributed by atoms with E-state index < -0.39 is 0 Å². The maximum atomic E-state index is 5.72. The first-order valence-corrected chi connectivity index (χ1v) is 8.52. The van der Waals surface area contributed by atoms with Gasteiger partial charge >= 0.3 is 0 Å². The molecule has 0 aliphatic rings. The number of nitrogens with two attached hydrogens (primary N) is 1. The summed E-state index contributed by atoms with van der Waals surface area (Å²) in [5, 5.41) is 0.671. The molecule has 0 aromatic heterocycles. The van der Waals surface area contributed by atoms with Crippen LogP contribution in [-0.2, 0) is 0 Å². The maximum Gasteiger partial charge on any atom is 0.0550 e. The minimum atomic E-state index is 0.203. The Bertz CT molecular complexity index is 525. The first-order valence-electron chi connectivity index (χ1n) is 7.47. The molecule has 3 heteroatoms. The molecule has 2 unspecified atom stereocenters. The summed E-state index contributed by atoms with van der Waals surface area (Å²) in [6.07, 6.45) is 1.19. The van der Waals surface area contributed by atoms with Gasteiger partial charge in [-0.15, -0.1) is 0 Å². The van der Waals surface area contributed by atoms with Crippen LogP contribution < -0.4 is 11.3 Å². The average Bonchev–Trinajstić information content (AvgIpc) is 2.56. The Morgan fingerprint density at radius 3 is 2.19 bits per heavy atom. The van der Waals surface area contributed by atoms with Gasteiger partial charge in [-0.1, -0.05) is 68.4 Å². The number of rotatable bonds is 7. The van der Waals surface area contributed by atoms with Crippen LogP contribution in [0.5, 0.6) is 0 Å². The quantitative estimate of drug-likeness (QED) is 0.588. The third-order valence-electron chi connectivity index (χ3n) is 3.74. The number of hydrazine groups is 1. The van der Waals surface area contributed by atoms with Crippen molar-refractivity contribution in [2.24, 2.45) is 5.84 Å². The van der Waals surface area contributed by atoms with Crippen LogP contribution in [0.15, 0.2) is 54.6 Å². The highest BCUT2D eigenvalue weighted by Gasteiger charge is 2.11. The van der Waals surface area contributed by atoms with Gasteiger partial charge in [0.1, 0.15) is 0 Å². The Balaban J connectivity index is 2.06. The number of hydrogen-bond acceptors (Lipinski definition) is 3. The molecule has 0 radical (unpaired) electrons. The summed E-state index contributed by atoms with van der Waals surface area (Å²) in [5.74, 6) is 6.71. The topological polar surface area (TPSA) is 38.0 Å². The van der Waals surface area contributed by atoms with Gasteiger partial charge < -0.3 is 0 Å². The van der Waals surface area contributed by atoms with Crippen molar-refractivity contribution in [2.75, 3.05) is 5.75 Å². The van der Waals surface area contributed by atoms with Gasteiger partial charge in [-0.2, -0.15) is 11.8 Å². The summed E-state index contributed by atoms with van der Waals surface area (Å²) in [6.45, 7) is 4.48. The van der Waals surface area contributed by atoms with Crippen LogP contribution in [0.4, 0.5) is 0 Å². The van der Waals surface area contributed by atoms with E-state index in [0.29, 0.717) is 5.25 Å². The molecule has 0 spiro atoms. The van der Waals surface area contributed by atoms with Crippen LogP contribution in [0.25, 0.3) is 11.1 Å². The smallest absolute Gasteiger partial charge is 0.0550 e. The Morgan fingerprint density at radius 2 is 1.62 bits per heavy atom. The number of thioether (sulfide) groups is 1. The molecular formula is C18H24N2S. The molecule has 2 aromatic rings. The van der Waals surface area contributed by atoms with Crippen LogP contribution >= 0.6 is 11.8 Å². The Kier molecular flexibility index (Phi) is 6.30. The summed E-state index contributed by atoms with van der Waals surface area (Å²) >= 11 is 1.96. The minimum Gasteiger partial charge on any atom is -0.271 e. The molecular weight excluding hydrogens is 276 g/mol. The predicted molar refractivity (Wildman–Crippen MR) is 94.2 cm³/mol. The second kappa shape index (κ2) is 8.23. The maximum absolute atomic E-state index is 5.72. The van der Waals surface area contributed by atoms with E-state index in [0.717, 1.165) is 5.75 Å². The normalized spacial score (nSPS) is 13.9. The van der Waals surface area contributed by atoms with E-state index in [1.807, 2.05) is 17.8 Å². The zero-order chi connectivity index (χ0) is 15.1. The summed E-state index contributed by atoms with van der Waals surface area (Å²) < 4.78 is 0. The van der Waals surface area contributed by atoms with Crippen LogP contribution in [0, 0.1) is 0 Å². The van der Waals surface area contributed by atoms with Crippen molar-refractivity contribution in [1.29, 1.82) is 0 Å². The molecule has 2 aromatic carbocycles. The van der Waals surface area contributed by atoms with Crippen LogP contribution in [0.2, 0.25) is 0 Å². The molecule has 2 atom stereocenters. The fourth-order valence-electron chi connectivity index (χ4n) is 2.16. The van der Waals surface area contributed by atoms with Crippen molar-refractivity contribution < 1.29 is 0 Å². The second-order valence-corrected chi connectivity index (χ2v) is 6.73. The number of nitrogens with one attached hydrogen (secondary N) is 1. The first-order chi connectivity index (χ1) is 10.2. The highest BCUT2D eigenvalue weighted by molar-refractivity contribution is 7.99. The lowest BCUT2D eigenvalue weighted by Gasteiger charge is -2.18. The fraction of sp³-hybridized carbons (Fsp3) is 0.333. The molecule has 0 saturated heterocycles. The van der Waals surface area contributed by atoms with Gasteiger partial charge in [0.25, 0.3) is 0 Å². The van der Waals surface area contributed by atoms with E-state index in [1.54, 1.807) is 0 Å². The van der Waals surface area contributed by atoms with Crippen molar-refractivity contribution in [3.8, 4) is 11.1 Å². The third kappa shape index (κ3) is 4.60. The van der Waals surface area contributed by atoms with Crippen LogP contribution in [0.3, 0.4) is 0 Å². The molecule has 0 aliphatic carbocycles. The minimum absolute atomic E-state index is 0.203. The first kappa shape index (κ1) is 16.1. The largest absolute Gasteiger partial charge is 0.271 e. The highest BCUT2D eigenvalue weighted by atomic mass is 32.2. The molecule has 2 rings (SSSR count). The molecule has 0 saturated carbocycles. The van der Waals surface area contributed by atoms with E-state index in [4.69, 9.17) is 5.84 Å². The van der Waals surface area contributed by atoms with E-state index in [2.05, 4.69) is 67.8 Å². The van der Waals surface area contributed by atoms with Gasteiger partial charge in [-0.25, -0.2) is 0 Å². The zero-order valence-corrected chi connectivity index (χ0v) is 13.6. The summed E-state index contributed by atoms with van der Waals surface area (Å²) in [7, 11) is 0. The lowest BCUT2D eigenvalue weighted by atomic mass is 10.0. The molecule has 2 nitrogen and oxygen atoms in total. The number of benzene rings is 2. The van der Waals surface area contributed by atoms with E-state index >= 15 is 0 Å². The SMILES string of the molecule is CCC(C)SCC(NN)c1ccc(-c2ccccc2)cc1. The molecule has 0 bridgehead atoms. The van der Waals surface area contributed by atoms with Crippen molar-refractivity contribution in [3.63, 3.8) is 0 Å². The second-order valence-electron chi connectivity index (χ2n) is 5.26. The average molecular weight is 300 g/mol. The summed E-state index contributed by atoms with van der Waals surface area (Å²) in [6, 6.07) is 19.3. The molecule has 0 amide bonds. The van der Waals surface area contributed by atoms with Gasteiger partial charge in [0.15, 0.2) is 0 Å².